The first kappa shape index (κ1) is 13.7. The molecule has 0 saturated carbocycles. The maximum absolute atomic E-state index is 11.8. The average Bonchev–Trinajstić information content (AvgIpc) is 2.63. The Morgan fingerprint density at radius 1 is 1.50 bits per heavy atom. The molecular formula is C10H10BrClO3S. The van der Waals surface area contributed by atoms with Crippen molar-refractivity contribution in [1.82, 2.24) is 0 Å². The molecule has 0 bridgehead atoms. The number of thiophene rings is 1. The molecule has 0 saturated heterocycles. The Morgan fingerprint density at radius 3 is 2.69 bits per heavy atom. The first-order valence-electron chi connectivity index (χ1n) is 4.66. The van der Waals surface area contributed by atoms with Gasteiger partial charge in [-0.25, -0.2) is 0 Å². The summed E-state index contributed by atoms with van der Waals surface area (Å²) in [6.45, 7) is 0. The van der Waals surface area contributed by atoms with Gasteiger partial charge in [-0.15, -0.1) is 11.3 Å². The van der Waals surface area contributed by atoms with Crippen LogP contribution in [-0.4, -0.2) is 21.7 Å². The molecule has 0 aromatic carbocycles. The van der Waals surface area contributed by atoms with Crippen LogP contribution in [0.3, 0.4) is 0 Å². The molecular weight excluding hydrogens is 316 g/mol. The van der Waals surface area contributed by atoms with E-state index in [-0.39, 0.29) is 17.0 Å². The quantitative estimate of drug-likeness (QED) is 0.642. The summed E-state index contributed by atoms with van der Waals surface area (Å²) in [5, 5.41) is 8.47. The highest BCUT2D eigenvalue weighted by atomic mass is 79.9. The summed E-state index contributed by atoms with van der Waals surface area (Å²) in [7, 11) is 0. The number of ketones is 1. The Bertz CT molecular complexity index is 391. The second-order valence-electron chi connectivity index (χ2n) is 3.22. The van der Waals surface area contributed by atoms with E-state index >= 15 is 0 Å². The van der Waals surface area contributed by atoms with Crippen molar-refractivity contribution in [2.75, 3.05) is 0 Å². The highest BCUT2D eigenvalue weighted by Gasteiger charge is 2.18. The van der Waals surface area contributed by atoms with Crippen molar-refractivity contribution in [2.45, 2.75) is 24.1 Å². The van der Waals surface area contributed by atoms with Crippen molar-refractivity contribution in [2.24, 2.45) is 0 Å². The summed E-state index contributed by atoms with van der Waals surface area (Å²) in [5.74, 6) is -0.881. The van der Waals surface area contributed by atoms with Crippen LogP contribution in [-0.2, 0) is 4.79 Å². The van der Waals surface area contributed by atoms with Gasteiger partial charge in [0.15, 0.2) is 5.78 Å². The zero-order valence-electron chi connectivity index (χ0n) is 8.28. The molecule has 3 nitrogen and oxygen atoms in total. The normalized spacial score (nSPS) is 12.4. The van der Waals surface area contributed by atoms with Crippen LogP contribution >= 0.6 is 38.9 Å². The fraction of sp³-hybridized carbons (Fsp3) is 0.400. The molecule has 1 rings (SSSR count). The number of carboxylic acids is 1. The second-order valence-corrected chi connectivity index (χ2v) is 6.04. The predicted molar refractivity (Wildman–Crippen MR) is 67.9 cm³/mol. The summed E-state index contributed by atoms with van der Waals surface area (Å²) in [5.41, 5.74) is 0. The number of carbonyl (C=O) groups is 2. The van der Waals surface area contributed by atoms with Crippen molar-refractivity contribution in [3.8, 4) is 0 Å². The summed E-state index contributed by atoms with van der Waals surface area (Å²) >= 11 is 10.2. The molecule has 1 aromatic rings. The van der Waals surface area contributed by atoms with Crippen LogP contribution in [0.25, 0.3) is 0 Å². The Morgan fingerprint density at radius 2 is 2.19 bits per heavy atom. The number of carbonyl (C=O) groups excluding carboxylic acids is 1. The number of carboxylic acid groups (broad SMARTS) is 1. The molecule has 0 amide bonds. The molecule has 88 valence electrons. The standard InChI is InChI=1S/C10H10BrClO3S/c11-6(2-1-3-9(13)14)10(15)7-4-5-8(12)16-7/h4-6H,1-3H2,(H,13,14). The van der Waals surface area contributed by atoms with Gasteiger partial charge in [-0.2, -0.15) is 0 Å². The van der Waals surface area contributed by atoms with E-state index in [1.54, 1.807) is 12.1 Å². The van der Waals surface area contributed by atoms with Crippen LogP contribution in [0.15, 0.2) is 12.1 Å². The summed E-state index contributed by atoms with van der Waals surface area (Å²) in [6, 6.07) is 3.36. The van der Waals surface area contributed by atoms with Gasteiger partial charge in [-0.1, -0.05) is 27.5 Å². The summed E-state index contributed by atoms with van der Waals surface area (Å²) in [4.78, 5) is 22.4. The third-order valence-corrected chi connectivity index (χ3v) is 4.07. The molecule has 1 N–H and O–H groups in total. The smallest absolute Gasteiger partial charge is 0.303 e. The second kappa shape index (κ2) is 6.37. The van der Waals surface area contributed by atoms with E-state index in [0.29, 0.717) is 22.1 Å². The fourth-order valence-electron chi connectivity index (χ4n) is 1.16. The molecule has 0 aliphatic carbocycles. The molecule has 16 heavy (non-hydrogen) atoms. The van der Waals surface area contributed by atoms with Gasteiger partial charge < -0.3 is 5.11 Å². The number of halogens is 2. The highest BCUT2D eigenvalue weighted by molar-refractivity contribution is 9.10. The lowest BCUT2D eigenvalue weighted by Gasteiger charge is -2.05. The molecule has 1 heterocycles. The first-order valence-corrected chi connectivity index (χ1v) is 6.77. The molecule has 0 radical (unpaired) electrons. The van der Waals surface area contributed by atoms with Crippen LogP contribution in [0.5, 0.6) is 0 Å². The number of hydrogen-bond donors (Lipinski definition) is 1. The van der Waals surface area contributed by atoms with E-state index in [0.717, 1.165) is 0 Å². The Balaban J connectivity index is 2.45. The third kappa shape index (κ3) is 4.23. The van der Waals surface area contributed by atoms with Gasteiger partial charge in [0.2, 0.25) is 0 Å². The largest absolute Gasteiger partial charge is 0.481 e. The lowest BCUT2D eigenvalue weighted by molar-refractivity contribution is -0.137. The van der Waals surface area contributed by atoms with Crippen LogP contribution in [0.1, 0.15) is 28.9 Å². The van der Waals surface area contributed by atoms with Gasteiger partial charge in [0, 0.05) is 6.42 Å². The monoisotopic (exact) mass is 324 g/mol. The number of aliphatic carboxylic acids is 1. The summed E-state index contributed by atoms with van der Waals surface area (Å²) < 4.78 is 0.577. The zero-order chi connectivity index (χ0) is 12.1. The maximum atomic E-state index is 11.8. The van der Waals surface area contributed by atoms with Gasteiger partial charge in [0.05, 0.1) is 14.0 Å². The minimum Gasteiger partial charge on any atom is -0.481 e. The first-order chi connectivity index (χ1) is 7.50. The van der Waals surface area contributed by atoms with E-state index < -0.39 is 5.97 Å². The van der Waals surface area contributed by atoms with Crippen LogP contribution < -0.4 is 0 Å². The molecule has 1 unspecified atom stereocenters. The molecule has 1 aromatic heterocycles. The van der Waals surface area contributed by atoms with Crippen molar-refractivity contribution in [3.05, 3.63) is 21.3 Å². The van der Waals surface area contributed by atoms with Gasteiger partial charge in [-0.3, -0.25) is 9.59 Å². The van der Waals surface area contributed by atoms with Gasteiger partial charge in [0.25, 0.3) is 0 Å². The molecule has 6 heteroatoms. The Kier molecular flexibility index (Phi) is 5.44. The minimum atomic E-state index is -0.841. The SMILES string of the molecule is O=C(O)CCCC(Br)C(=O)c1ccc(Cl)s1. The number of hydrogen-bond acceptors (Lipinski definition) is 3. The zero-order valence-corrected chi connectivity index (χ0v) is 11.4. The van der Waals surface area contributed by atoms with E-state index in [1.807, 2.05) is 0 Å². The molecule has 1 atom stereocenters. The van der Waals surface area contributed by atoms with Crippen molar-refractivity contribution < 1.29 is 14.7 Å². The van der Waals surface area contributed by atoms with E-state index in [1.165, 1.54) is 11.3 Å². The van der Waals surface area contributed by atoms with Gasteiger partial charge >= 0.3 is 5.97 Å². The maximum Gasteiger partial charge on any atom is 0.303 e. The average molecular weight is 326 g/mol. The van der Waals surface area contributed by atoms with E-state index in [9.17, 15) is 9.59 Å². The lowest BCUT2D eigenvalue weighted by Crippen LogP contribution is -2.13. The van der Waals surface area contributed by atoms with Crippen molar-refractivity contribution in [3.63, 3.8) is 0 Å². The van der Waals surface area contributed by atoms with Crippen molar-refractivity contribution >= 4 is 50.6 Å². The fourth-order valence-corrected chi connectivity index (χ4v) is 2.92. The van der Waals surface area contributed by atoms with Crippen LogP contribution in [0, 0.1) is 0 Å². The Hall–Kier alpha value is -0.390. The van der Waals surface area contributed by atoms with E-state index in [2.05, 4.69) is 15.9 Å². The number of alkyl halides is 1. The van der Waals surface area contributed by atoms with E-state index in [4.69, 9.17) is 16.7 Å². The highest BCUT2D eigenvalue weighted by Crippen LogP contribution is 2.25. The number of rotatable bonds is 6. The van der Waals surface area contributed by atoms with Crippen LogP contribution in [0.2, 0.25) is 4.34 Å². The third-order valence-electron chi connectivity index (χ3n) is 1.95. The molecule has 0 fully saturated rings. The molecule has 0 aliphatic rings. The Labute approximate surface area is 111 Å². The molecule has 0 spiro atoms. The minimum absolute atomic E-state index is 0.0395. The topological polar surface area (TPSA) is 54.4 Å². The summed E-state index contributed by atoms with van der Waals surface area (Å²) in [6.07, 6.45) is 1.08. The van der Waals surface area contributed by atoms with Crippen molar-refractivity contribution in [1.29, 1.82) is 0 Å². The molecule has 0 aliphatic heterocycles. The van der Waals surface area contributed by atoms with Crippen LogP contribution in [0.4, 0.5) is 0 Å². The number of Topliss-reactive ketones (excluding diaryl/α,β-unsaturated/α-hetero) is 1. The lowest BCUT2D eigenvalue weighted by atomic mass is 10.1. The predicted octanol–water partition coefficient (Wildman–Crippen LogP) is 3.60. The van der Waals surface area contributed by atoms with Gasteiger partial charge in [0.1, 0.15) is 0 Å². The van der Waals surface area contributed by atoms with Gasteiger partial charge in [-0.05, 0) is 25.0 Å².